The molecule has 0 saturated carbocycles. The quantitative estimate of drug-likeness (QED) is 0.432. The maximum absolute atomic E-state index is 13.6. The van der Waals surface area contributed by atoms with Crippen molar-refractivity contribution >= 4 is 32.5 Å². The molecular formula is C27H28N4O3S. The number of fused-ring (bicyclic) bond motifs is 1. The van der Waals surface area contributed by atoms with E-state index in [4.69, 9.17) is 4.98 Å². The van der Waals surface area contributed by atoms with Gasteiger partial charge in [-0.1, -0.05) is 55.0 Å². The van der Waals surface area contributed by atoms with Crippen molar-refractivity contribution < 1.29 is 13.2 Å². The van der Waals surface area contributed by atoms with Gasteiger partial charge in [0.15, 0.2) is 15.5 Å². The van der Waals surface area contributed by atoms with Crippen LogP contribution in [0.15, 0.2) is 54.6 Å². The molecule has 1 aliphatic rings. The van der Waals surface area contributed by atoms with E-state index in [0.29, 0.717) is 34.4 Å². The lowest BCUT2D eigenvalue weighted by Gasteiger charge is -2.13. The Morgan fingerprint density at radius 2 is 1.86 bits per heavy atom. The van der Waals surface area contributed by atoms with E-state index in [2.05, 4.69) is 17.3 Å². The van der Waals surface area contributed by atoms with Crippen LogP contribution in [-0.4, -0.2) is 40.6 Å². The molecule has 1 aliphatic heterocycles. The van der Waals surface area contributed by atoms with Crippen LogP contribution in [0.25, 0.3) is 22.3 Å². The second kappa shape index (κ2) is 8.92. The van der Waals surface area contributed by atoms with Gasteiger partial charge in [0.05, 0.1) is 39.9 Å². The van der Waals surface area contributed by atoms with Crippen molar-refractivity contribution in [1.29, 1.82) is 0 Å². The van der Waals surface area contributed by atoms with Crippen LogP contribution in [0, 0.1) is 13.8 Å². The second-order valence-electron chi connectivity index (χ2n) is 9.17. The zero-order valence-electron chi connectivity index (χ0n) is 20.1. The van der Waals surface area contributed by atoms with Gasteiger partial charge >= 0.3 is 0 Å². The highest BCUT2D eigenvalue weighted by Gasteiger charge is 2.32. The van der Waals surface area contributed by atoms with Crippen molar-refractivity contribution in [2.45, 2.75) is 39.7 Å². The first-order valence-electron chi connectivity index (χ1n) is 11.8. The molecular weight excluding hydrogens is 460 g/mol. The fraction of sp³-hybridized carbons (Fsp3) is 0.296. The third-order valence-corrected chi connectivity index (χ3v) is 8.38. The summed E-state index contributed by atoms with van der Waals surface area (Å²) >= 11 is 0. The van der Waals surface area contributed by atoms with Crippen LogP contribution in [0.2, 0.25) is 0 Å². The number of benzene rings is 2. The number of aromatic nitrogens is 3. The first-order valence-corrected chi connectivity index (χ1v) is 13.6. The summed E-state index contributed by atoms with van der Waals surface area (Å²) in [6.45, 7) is 5.91. The van der Waals surface area contributed by atoms with Crippen LogP contribution in [0.4, 0.5) is 5.69 Å². The number of nitrogens with zero attached hydrogens (tertiary/aromatic N) is 3. The summed E-state index contributed by atoms with van der Waals surface area (Å²) in [6.07, 6.45) is 1.28. The van der Waals surface area contributed by atoms with Gasteiger partial charge in [-0.3, -0.25) is 4.79 Å². The van der Waals surface area contributed by atoms with Crippen LogP contribution in [0.5, 0.6) is 0 Å². The molecule has 35 heavy (non-hydrogen) atoms. The number of hydrogen-bond donors (Lipinski definition) is 1. The molecule has 5 rings (SSSR count). The number of carbonyl (C=O) groups excluding carboxylic acids is 1. The van der Waals surface area contributed by atoms with Crippen LogP contribution >= 0.6 is 0 Å². The molecule has 2 aromatic carbocycles. The Bertz CT molecular complexity index is 1540. The summed E-state index contributed by atoms with van der Waals surface area (Å²) in [4.78, 5) is 18.5. The minimum absolute atomic E-state index is 0.0328. The lowest BCUT2D eigenvalue weighted by Crippen LogP contribution is -2.15. The summed E-state index contributed by atoms with van der Waals surface area (Å²) in [5, 5.41) is 8.41. The molecule has 1 fully saturated rings. The minimum atomic E-state index is -3.11. The smallest absolute Gasteiger partial charge is 0.256 e. The molecule has 0 bridgehead atoms. The molecule has 1 N–H and O–H groups in total. The van der Waals surface area contributed by atoms with E-state index in [1.165, 1.54) is 0 Å². The Kier molecular flexibility index (Phi) is 5.92. The number of para-hydroxylation sites is 1. The van der Waals surface area contributed by atoms with Crippen LogP contribution in [0.1, 0.15) is 46.6 Å². The zero-order valence-corrected chi connectivity index (χ0v) is 20.9. The van der Waals surface area contributed by atoms with Gasteiger partial charge < -0.3 is 5.32 Å². The first-order chi connectivity index (χ1) is 16.8. The number of pyridine rings is 1. The number of aryl methyl sites for hydroxylation is 3. The fourth-order valence-corrected chi connectivity index (χ4v) is 6.42. The van der Waals surface area contributed by atoms with Gasteiger partial charge in [0, 0.05) is 11.3 Å². The Balaban J connectivity index is 1.68. The van der Waals surface area contributed by atoms with Crippen LogP contribution in [0.3, 0.4) is 0 Å². The average Bonchev–Trinajstić information content (AvgIpc) is 3.38. The van der Waals surface area contributed by atoms with E-state index in [1.54, 1.807) is 10.7 Å². The molecule has 0 aliphatic carbocycles. The third-order valence-electron chi connectivity index (χ3n) is 6.63. The number of anilines is 1. The fourth-order valence-electron chi connectivity index (χ4n) is 4.73. The summed E-state index contributed by atoms with van der Waals surface area (Å²) < 4.78 is 26.1. The van der Waals surface area contributed by atoms with Gasteiger partial charge in [-0.15, -0.1) is 0 Å². The molecule has 1 atom stereocenters. The van der Waals surface area contributed by atoms with E-state index in [1.807, 2.05) is 62.4 Å². The Hall–Kier alpha value is -3.52. The summed E-state index contributed by atoms with van der Waals surface area (Å²) in [5.41, 5.74) is 6.14. The number of sulfone groups is 1. The minimum Gasteiger partial charge on any atom is -0.322 e. The number of nitrogens with one attached hydrogen (secondary N) is 1. The lowest BCUT2D eigenvalue weighted by atomic mass is 10.0. The van der Waals surface area contributed by atoms with Crippen LogP contribution in [-0.2, 0) is 16.3 Å². The highest BCUT2D eigenvalue weighted by atomic mass is 32.2. The monoisotopic (exact) mass is 488 g/mol. The van der Waals surface area contributed by atoms with Gasteiger partial charge in [0.25, 0.3) is 5.91 Å². The van der Waals surface area contributed by atoms with Crippen LogP contribution < -0.4 is 5.32 Å². The van der Waals surface area contributed by atoms with Gasteiger partial charge in [-0.05, 0) is 44.4 Å². The molecule has 2 aromatic heterocycles. The molecule has 1 unspecified atom stereocenters. The van der Waals surface area contributed by atoms with Crippen molar-refractivity contribution in [3.63, 3.8) is 0 Å². The maximum Gasteiger partial charge on any atom is 0.256 e. The standard InChI is InChI=1S/C27H28N4O3S/c1-4-19-7-5-6-8-23(19)29-27(32)22-15-24(20-11-9-17(2)10-12-20)28-26-25(22)18(3)30-31(26)21-13-14-35(33,34)16-21/h5-12,15,21H,4,13-14,16H2,1-3H3,(H,29,32). The molecule has 3 heterocycles. The predicted octanol–water partition coefficient (Wildman–Crippen LogP) is 4.89. The second-order valence-corrected chi connectivity index (χ2v) is 11.4. The number of amides is 1. The summed E-state index contributed by atoms with van der Waals surface area (Å²) in [5.74, 6) is -0.0737. The molecule has 0 spiro atoms. The Labute approximate surface area is 205 Å². The summed E-state index contributed by atoms with van der Waals surface area (Å²) in [7, 11) is -3.11. The van der Waals surface area contributed by atoms with E-state index in [-0.39, 0.29) is 23.5 Å². The van der Waals surface area contributed by atoms with Gasteiger partial charge in [0.2, 0.25) is 0 Å². The Morgan fingerprint density at radius 3 is 2.54 bits per heavy atom. The third kappa shape index (κ3) is 4.46. The molecule has 0 radical (unpaired) electrons. The molecule has 1 saturated heterocycles. The van der Waals surface area contributed by atoms with Gasteiger partial charge in [-0.2, -0.15) is 5.10 Å². The van der Waals surface area contributed by atoms with E-state index < -0.39 is 9.84 Å². The van der Waals surface area contributed by atoms with E-state index in [0.717, 1.165) is 28.8 Å². The van der Waals surface area contributed by atoms with Crippen molar-refractivity contribution in [1.82, 2.24) is 14.8 Å². The highest BCUT2D eigenvalue weighted by molar-refractivity contribution is 7.91. The molecule has 7 nitrogen and oxygen atoms in total. The normalized spacial score (nSPS) is 17.1. The maximum atomic E-state index is 13.6. The molecule has 8 heteroatoms. The lowest BCUT2D eigenvalue weighted by molar-refractivity contribution is 0.102. The summed E-state index contributed by atoms with van der Waals surface area (Å²) in [6, 6.07) is 17.2. The molecule has 180 valence electrons. The number of hydrogen-bond acceptors (Lipinski definition) is 5. The van der Waals surface area contributed by atoms with Crippen molar-refractivity contribution in [2.24, 2.45) is 0 Å². The zero-order chi connectivity index (χ0) is 24.7. The Morgan fingerprint density at radius 1 is 1.11 bits per heavy atom. The van der Waals surface area contributed by atoms with Gasteiger partial charge in [0.1, 0.15) is 0 Å². The highest BCUT2D eigenvalue weighted by Crippen LogP contribution is 2.32. The largest absolute Gasteiger partial charge is 0.322 e. The topological polar surface area (TPSA) is 93.9 Å². The van der Waals surface area contributed by atoms with Crippen molar-refractivity contribution in [3.8, 4) is 11.3 Å². The number of rotatable bonds is 5. The average molecular weight is 489 g/mol. The number of carbonyl (C=O) groups is 1. The van der Waals surface area contributed by atoms with E-state index in [9.17, 15) is 13.2 Å². The van der Waals surface area contributed by atoms with Gasteiger partial charge in [-0.25, -0.2) is 18.1 Å². The SMILES string of the molecule is CCc1ccccc1NC(=O)c1cc(-c2ccc(C)cc2)nc2c1c(C)nn2C1CCS(=O)(=O)C1. The predicted molar refractivity (Wildman–Crippen MR) is 139 cm³/mol. The van der Waals surface area contributed by atoms with Crippen molar-refractivity contribution in [2.75, 3.05) is 16.8 Å². The molecule has 4 aromatic rings. The van der Waals surface area contributed by atoms with Crippen molar-refractivity contribution in [3.05, 3.63) is 77.0 Å². The van der Waals surface area contributed by atoms with E-state index >= 15 is 0 Å². The first kappa shape index (κ1) is 23.2. The molecule has 1 amide bonds.